The van der Waals surface area contributed by atoms with E-state index in [1.54, 1.807) is 49.4 Å². The summed E-state index contributed by atoms with van der Waals surface area (Å²) in [6, 6.07) is 16.8. The summed E-state index contributed by atoms with van der Waals surface area (Å²) in [6.45, 7) is 21.1. The zero-order valence-corrected chi connectivity index (χ0v) is 49.7. The molecular weight excluding hydrogens is 1080 g/mol. The maximum Gasteiger partial charge on any atom is 0.246 e. The molecule has 2 aliphatic rings. The second kappa shape index (κ2) is 28.3. The average Bonchev–Trinajstić information content (AvgIpc) is 4.06. The molecule has 0 spiro atoms. The SMILES string of the molecule is Cc1cc(Nc2ncc(Cl)c(Nc3ccccc3S(=O)(=O)C(C)C)n2)c(OC(C)C)cc1C1CCN(CCOCCOCCOCC(=O)NC(C(=O)N2CC(O)CC2C(=O)NCc2ccc(-c3scnc3C)cc2)C(C)(C)C)CC1. The van der Waals surface area contributed by atoms with Crippen molar-refractivity contribution in [1.82, 2.24) is 35.4 Å². The van der Waals surface area contributed by atoms with Crippen molar-refractivity contribution >= 4 is 73.6 Å². The number of rotatable bonds is 26. The van der Waals surface area contributed by atoms with E-state index in [1.807, 2.05) is 71.3 Å². The molecule has 3 unspecified atom stereocenters. The predicted molar refractivity (Wildman–Crippen MR) is 312 cm³/mol. The zero-order valence-electron chi connectivity index (χ0n) is 47.3. The number of amides is 3. The van der Waals surface area contributed by atoms with Gasteiger partial charge in [-0.2, -0.15) is 4.98 Å². The number of nitrogens with one attached hydrogen (secondary N) is 4. The Kier molecular flexibility index (Phi) is 21.9. The Morgan fingerprint density at radius 3 is 2.24 bits per heavy atom. The lowest BCUT2D eigenvalue weighted by Crippen LogP contribution is -2.58. The van der Waals surface area contributed by atoms with Gasteiger partial charge in [-0.25, -0.2) is 18.4 Å². The fourth-order valence-corrected chi connectivity index (χ4v) is 11.8. The number of ether oxygens (including phenoxy) is 4. The van der Waals surface area contributed by atoms with E-state index in [9.17, 15) is 27.9 Å². The van der Waals surface area contributed by atoms with Crippen LogP contribution in [0.25, 0.3) is 10.4 Å². The highest BCUT2D eigenvalue weighted by Gasteiger charge is 2.44. The third kappa shape index (κ3) is 16.7. The predicted octanol–water partition coefficient (Wildman–Crippen LogP) is 8.37. The van der Waals surface area contributed by atoms with Crippen molar-refractivity contribution in [2.75, 3.05) is 76.5 Å². The van der Waals surface area contributed by atoms with E-state index in [0.717, 1.165) is 59.7 Å². The number of para-hydroxylation sites is 1. The van der Waals surface area contributed by atoms with Crippen LogP contribution >= 0.6 is 22.9 Å². The minimum absolute atomic E-state index is 0.0202. The van der Waals surface area contributed by atoms with Gasteiger partial charge in [0.2, 0.25) is 23.7 Å². The number of aryl methyl sites for hydroxylation is 2. The number of carbonyl (C=O) groups is 3. The number of likely N-dealkylation sites (tertiary alicyclic amines) is 2. The van der Waals surface area contributed by atoms with E-state index < -0.39 is 50.5 Å². The third-order valence-corrected chi connectivity index (χ3v) is 17.5. The third-order valence-electron chi connectivity index (χ3n) is 14.1. The highest BCUT2D eigenvalue weighted by Crippen LogP contribution is 2.39. The van der Waals surface area contributed by atoms with Gasteiger partial charge in [0.15, 0.2) is 15.7 Å². The molecule has 3 atom stereocenters. The topological polar surface area (TPSA) is 236 Å². The summed E-state index contributed by atoms with van der Waals surface area (Å²) in [6.07, 6.45) is 2.53. The molecule has 22 heteroatoms. The van der Waals surface area contributed by atoms with Gasteiger partial charge in [0.05, 0.1) is 89.0 Å². The van der Waals surface area contributed by atoms with Crippen molar-refractivity contribution in [2.45, 2.75) is 128 Å². The van der Waals surface area contributed by atoms with E-state index >= 15 is 0 Å². The number of hydrogen-bond donors (Lipinski definition) is 5. The van der Waals surface area contributed by atoms with Crippen LogP contribution in [0.2, 0.25) is 5.02 Å². The van der Waals surface area contributed by atoms with Crippen LogP contribution in [0.5, 0.6) is 5.75 Å². The molecule has 0 aliphatic carbocycles. The number of aliphatic hydroxyl groups excluding tert-OH is 1. The molecule has 5 N–H and O–H groups in total. The molecule has 19 nitrogen and oxygen atoms in total. The van der Waals surface area contributed by atoms with Gasteiger partial charge in [-0.1, -0.05) is 68.8 Å². The van der Waals surface area contributed by atoms with Crippen molar-refractivity contribution in [3.8, 4) is 16.2 Å². The summed E-state index contributed by atoms with van der Waals surface area (Å²) in [7, 11) is -3.59. The van der Waals surface area contributed by atoms with Crippen LogP contribution in [0.3, 0.4) is 0 Å². The first kappa shape index (κ1) is 61.8. The Morgan fingerprint density at radius 1 is 0.887 bits per heavy atom. The van der Waals surface area contributed by atoms with Crippen LogP contribution in [-0.2, 0) is 45.0 Å². The normalized spacial score (nSPS) is 16.7. The minimum atomic E-state index is -3.59. The van der Waals surface area contributed by atoms with Gasteiger partial charge in [-0.15, -0.1) is 11.3 Å². The first-order chi connectivity index (χ1) is 38.1. The van der Waals surface area contributed by atoms with Crippen molar-refractivity contribution in [3.05, 3.63) is 99.8 Å². The van der Waals surface area contributed by atoms with Crippen LogP contribution < -0.4 is 26.0 Å². The van der Waals surface area contributed by atoms with Gasteiger partial charge >= 0.3 is 0 Å². The van der Waals surface area contributed by atoms with E-state index in [-0.39, 0.29) is 73.0 Å². The molecule has 5 aromatic rings. The van der Waals surface area contributed by atoms with E-state index in [1.165, 1.54) is 16.7 Å². The largest absolute Gasteiger partial charge is 0.489 e. The quantitative estimate of drug-likeness (QED) is 0.0327. The summed E-state index contributed by atoms with van der Waals surface area (Å²) in [5.74, 6) is 0.225. The molecule has 3 aromatic carbocycles. The fraction of sp³-hybridized carbons (Fsp3) is 0.517. The molecule has 3 amide bonds. The monoisotopic (exact) mass is 1160 g/mol. The number of anilines is 4. The van der Waals surface area contributed by atoms with Crippen molar-refractivity contribution in [1.29, 1.82) is 0 Å². The first-order valence-corrected chi connectivity index (χ1v) is 30.1. The fourth-order valence-electron chi connectivity index (χ4n) is 9.68. The molecule has 80 heavy (non-hydrogen) atoms. The number of aliphatic hydroxyl groups is 1. The lowest BCUT2D eigenvalue weighted by molar-refractivity contribution is -0.144. The Bertz CT molecular complexity index is 3000. The number of hydrogen-bond acceptors (Lipinski definition) is 17. The van der Waals surface area contributed by atoms with Crippen LogP contribution in [0.15, 0.2) is 77.3 Å². The molecule has 434 valence electrons. The number of carbonyl (C=O) groups excluding carboxylic acids is 3. The smallest absolute Gasteiger partial charge is 0.246 e. The highest BCUT2D eigenvalue weighted by atomic mass is 35.5. The van der Waals surface area contributed by atoms with Gasteiger partial charge in [0.1, 0.15) is 29.5 Å². The molecule has 2 aromatic heterocycles. The molecule has 2 aliphatic heterocycles. The van der Waals surface area contributed by atoms with Crippen LogP contribution in [0, 0.1) is 19.3 Å². The standard InChI is InChI=1S/C58H78ClN9O10S2/c1-36(2)78-49-30-44(38(5)28-47(49)64-57-61-32-45(59)54(66-57)63-46-12-10-11-13-50(46)80(73,74)37(3)4)41-18-20-67(21-19-41)22-23-75-24-25-76-26-27-77-34-51(70)65-53(58(7,8)9)56(72)68-33-43(69)29-48(68)55(71)60-31-40-14-16-42(17-15-40)52-39(6)62-35-79-52/h10-17,28,30,32,35-37,41,43,48,53,69H,18-27,29,31,33-34H2,1-9H3,(H,60,71)(H,65,70)(H2,61,63,64,66). The second-order valence-corrected chi connectivity index (χ2v) is 25.7. The van der Waals surface area contributed by atoms with Crippen molar-refractivity contribution in [3.63, 3.8) is 0 Å². The number of halogens is 1. The summed E-state index contributed by atoms with van der Waals surface area (Å²) >= 11 is 8.10. The second-order valence-electron chi connectivity index (χ2n) is 21.9. The number of aromatic nitrogens is 3. The van der Waals surface area contributed by atoms with Gasteiger partial charge in [0.25, 0.3) is 0 Å². The van der Waals surface area contributed by atoms with E-state index in [4.69, 9.17) is 30.5 Å². The Morgan fingerprint density at radius 2 is 1.57 bits per heavy atom. The Labute approximate surface area is 479 Å². The summed E-state index contributed by atoms with van der Waals surface area (Å²) < 4.78 is 49.8. The first-order valence-electron chi connectivity index (χ1n) is 27.3. The molecule has 0 bridgehead atoms. The van der Waals surface area contributed by atoms with Crippen molar-refractivity contribution in [2.24, 2.45) is 5.41 Å². The number of β-amino-alcohol motifs (C(OH)–C–C–N with tert-alkyl or cyclic N) is 1. The summed E-state index contributed by atoms with van der Waals surface area (Å²) in [5.41, 5.74) is 7.40. The maximum atomic E-state index is 14.0. The van der Waals surface area contributed by atoms with Gasteiger partial charge < -0.3 is 55.1 Å². The highest BCUT2D eigenvalue weighted by molar-refractivity contribution is 7.92. The number of thiazole rings is 1. The van der Waals surface area contributed by atoms with Gasteiger partial charge in [-0.3, -0.25) is 14.4 Å². The summed E-state index contributed by atoms with van der Waals surface area (Å²) in [5, 5.41) is 22.4. The number of nitrogens with zero attached hydrogens (tertiary/aromatic N) is 5. The molecular formula is C58H78ClN9O10S2. The molecule has 0 radical (unpaired) electrons. The number of sulfone groups is 1. The summed E-state index contributed by atoms with van der Waals surface area (Å²) in [4.78, 5) is 59.0. The molecule has 4 heterocycles. The van der Waals surface area contributed by atoms with Gasteiger partial charge in [0, 0.05) is 26.1 Å². The average molecular weight is 1160 g/mol. The van der Waals surface area contributed by atoms with E-state index in [2.05, 4.69) is 60.2 Å². The molecule has 2 saturated heterocycles. The minimum Gasteiger partial charge on any atom is -0.489 e. The Balaban J connectivity index is 0.791. The number of benzene rings is 3. The lowest BCUT2D eigenvalue weighted by Gasteiger charge is -2.35. The van der Waals surface area contributed by atoms with Crippen LogP contribution in [0.1, 0.15) is 96.0 Å². The molecule has 2 fully saturated rings. The molecule has 7 rings (SSSR count). The number of piperidine rings is 1. The van der Waals surface area contributed by atoms with E-state index in [0.29, 0.717) is 42.9 Å². The Hall–Kier alpha value is -5.78. The maximum absolute atomic E-state index is 14.0. The molecule has 0 saturated carbocycles. The van der Waals surface area contributed by atoms with Crippen LogP contribution in [-0.4, -0.2) is 151 Å². The zero-order chi connectivity index (χ0) is 57.7. The van der Waals surface area contributed by atoms with Crippen molar-refractivity contribution < 1.29 is 46.9 Å². The van der Waals surface area contributed by atoms with Gasteiger partial charge in [-0.05, 0) is 125 Å². The lowest BCUT2D eigenvalue weighted by atomic mass is 9.85. The van der Waals surface area contributed by atoms with Crippen LogP contribution in [0.4, 0.5) is 23.1 Å².